The molecule has 1 atom stereocenters. The van der Waals surface area contributed by atoms with E-state index >= 15 is 0 Å². The Morgan fingerprint density at radius 1 is 1.27 bits per heavy atom. The lowest BCUT2D eigenvalue weighted by molar-refractivity contribution is -0.137. The van der Waals surface area contributed by atoms with Crippen molar-refractivity contribution in [2.45, 2.75) is 18.7 Å². The average molecular weight is 425 g/mol. The number of carbonyl (C=O) groups excluding carboxylic acids is 1. The van der Waals surface area contributed by atoms with Crippen molar-refractivity contribution in [3.8, 4) is 0 Å². The van der Waals surface area contributed by atoms with E-state index in [1.54, 1.807) is 6.08 Å². The number of aliphatic hydroxyl groups is 2. The van der Waals surface area contributed by atoms with Crippen LogP contribution in [0.25, 0.3) is 5.57 Å². The van der Waals surface area contributed by atoms with Gasteiger partial charge >= 0.3 is 12.2 Å². The molecule has 3 rings (SSSR count). The lowest BCUT2D eigenvalue weighted by atomic mass is 10.0. The Kier molecular flexibility index (Phi) is 6.37. The van der Waals surface area contributed by atoms with Crippen LogP contribution in [0, 0.1) is 5.82 Å². The monoisotopic (exact) mass is 425 g/mol. The molecule has 2 heterocycles. The van der Waals surface area contributed by atoms with Crippen LogP contribution in [0.5, 0.6) is 0 Å². The standard InChI is InChI=1S/C20H19F4N3O3/c21-16-9-13(17(29)11-28)10-25-18(16)12-5-7-27(8-6-12)19(30)26-15-3-1-14(2-4-15)20(22,23)24/h1-5,9-10,17,28-29H,6-8,11H2,(H,26,30). The van der Waals surface area contributed by atoms with Gasteiger partial charge in [-0.2, -0.15) is 13.2 Å². The molecule has 1 aromatic carbocycles. The van der Waals surface area contributed by atoms with Gasteiger partial charge in [-0.3, -0.25) is 4.98 Å². The number of anilines is 1. The van der Waals surface area contributed by atoms with Crippen LogP contribution in [0.1, 0.15) is 29.3 Å². The summed E-state index contributed by atoms with van der Waals surface area (Å²) in [5.74, 6) is -0.645. The molecule has 0 fully saturated rings. The molecular weight excluding hydrogens is 406 g/mol. The van der Waals surface area contributed by atoms with Gasteiger partial charge in [0.25, 0.3) is 0 Å². The molecule has 2 amide bonds. The molecule has 30 heavy (non-hydrogen) atoms. The summed E-state index contributed by atoms with van der Waals surface area (Å²) >= 11 is 0. The summed E-state index contributed by atoms with van der Waals surface area (Å²) in [6.07, 6.45) is -2.42. The minimum atomic E-state index is -4.45. The molecule has 0 radical (unpaired) electrons. The van der Waals surface area contributed by atoms with Gasteiger partial charge in [0, 0.05) is 30.5 Å². The number of pyridine rings is 1. The van der Waals surface area contributed by atoms with Gasteiger partial charge < -0.3 is 20.4 Å². The first-order valence-corrected chi connectivity index (χ1v) is 9.06. The summed E-state index contributed by atoms with van der Waals surface area (Å²) in [5.41, 5.74) is 0.280. The molecule has 2 aromatic rings. The molecule has 1 aliphatic heterocycles. The van der Waals surface area contributed by atoms with Crippen LogP contribution in [0.4, 0.5) is 28.0 Å². The molecule has 160 valence electrons. The number of halogens is 4. The van der Waals surface area contributed by atoms with E-state index in [2.05, 4.69) is 10.3 Å². The molecule has 1 aromatic heterocycles. The van der Waals surface area contributed by atoms with E-state index in [4.69, 9.17) is 5.11 Å². The second-order valence-electron chi connectivity index (χ2n) is 6.73. The molecule has 3 N–H and O–H groups in total. The molecule has 0 aliphatic carbocycles. The van der Waals surface area contributed by atoms with E-state index in [9.17, 15) is 27.5 Å². The molecule has 1 aliphatic rings. The molecule has 0 spiro atoms. The summed E-state index contributed by atoms with van der Waals surface area (Å²) in [7, 11) is 0. The lowest BCUT2D eigenvalue weighted by Crippen LogP contribution is -2.38. The van der Waals surface area contributed by atoms with Crippen molar-refractivity contribution in [1.29, 1.82) is 0 Å². The number of hydrogen-bond donors (Lipinski definition) is 3. The number of urea groups is 1. The van der Waals surface area contributed by atoms with Gasteiger partial charge in [0.15, 0.2) is 0 Å². The van der Waals surface area contributed by atoms with E-state index in [0.29, 0.717) is 12.0 Å². The molecule has 10 heteroatoms. The highest BCUT2D eigenvalue weighted by Gasteiger charge is 2.30. The Morgan fingerprint density at radius 3 is 2.50 bits per heavy atom. The highest BCUT2D eigenvalue weighted by Crippen LogP contribution is 2.30. The smallest absolute Gasteiger partial charge is 0.393 e. The minimum Gasteiger partial charge on any atom is -0.393 e. The van der Waals surface area contributed by atoms with Crippen LogP contribution < -0.4 is 5.32 Å². The van der Waals surface area contributed by atoms with Crippen LogP contribution in [0.15, 0.2) is 42.6 Å². The van der Waals surface area contributed by atoms with Gasteiger partial charge in [0.1, 0.15) is 17.6 Å². The lowest BCUT2D eigenvalue weighted by Gasteiger charge is -2.26. The third-order valence-corrected chi connectivity index (χ3v) is 4.68. The van der Waals surface area contributed by atoms with Crippen LogP contribution in [0.2, 0.25) is 0 Å². The first-order valence-electron chi connectivity index (χ1n) is 9.06. The Morgan fingerprint density at radius 2 is 1.97 bits per heavy atom. The van der Waals surface area contributed by atoms with E-state index in [1.165, 1.54) is 23.2 Å². The highest BCUT2D eigenvalue weighted by molar-refractivity contribution is 5.90. The highest BCUT2D eigenvalue weighted by atomic mass is 19.4. The van der Waals surface area contributed by atoms with Crippen molar-refractivity contribution >= 4 is 17.3 Å². The summed E-state index contributed by atoms with van der Waals surface area (Å²) in [6, 6.07) is 4.74. The molecule has 0 bridgehead atoms. The van der Waals surface area contributed by atoms with Gasteiger partial charge in [-0.1, -0.05) is 6.08 Å². The van der Waals surface area contributed by atoms with Crippen LogP contribution >= 0.6 is 0 Å². The van der Waals surface area contributed by atoms with Crippen molar-refractivity contribution in [3.63, 3.8) is 0 Å². The van der Waals surface area contributed by atoms with Gasteiger partial charge in [0.2, 0.25) is 0 Å². The number of aliphatic hydroxyl groups excluding tert-OH is 2. The fourth-order valence-electron chi connectivity index (χ4n) is 2.99. The number of nitrogens with zero attached hydrogens (tertiary/aromatic N) is 2. The zero-order valence-electron chi connectivity index (χ0n) is 15.7. The third-order valence-electron chi connectivity index (χ3n) is 4.68. The predicted octanol–water partition coefficient (Wildman–Crippen LogP) is 3.59. The Balaban J connectivity index is 1.63. The number of hydrogen-bond acceptors (Lipinski definition) is 4. The predicted molar refractivity (Wildman–Crippen MR) is 101 cm³/mol. The first kappa shape index (κ1) is 21.7. The van der Waals surface area contributed by atoms with Gasteiger partial charge in [0.05, 0.1) is 12.2 Å². The molecule has 6 nitrogen and oxygen atoms in total. The Hall–Kier alpha value is -2.98. The maximum atomic E-state index is 14.3. The second kappa shape index (κ2) is 8.80. The van der Waals surface area contributed by atoms with Gasteiger partial charge in [-0.15, -0.1) is 0 Å². The summed E-state index contributed by atoms with van der Waals surface area (Å²) in [4.78, 5) is 17.8. The molecule has 0 saturated carbocycles. The summed E-state index contributed by atoms with van der Waals surface area (Å²) in [5, 5.41) is 21.0. The average Bonchev–Trinajstić information content (AvgIpc) is 2.73. The maximum Gasteiger partial charge on any atom is 0.416 e. The summed E-state index contributed by atoms with van der Waals surface area (Å²) in [6.45, 7) is -0.115. The van der Waals surface area contributed by atoms with Crippen molar-refractivity contribution in [3.05, 3.63) is 65.2 Å². The quantitative estimate of drug-likeness (QED) is 0.654. The maximum absolute atomic E-state index is 14.3. The molecule has 1 unspecified atom stereocenters. The second-order valence-corrected chi connectivity index (χ2v) is 6.73. The van der Waals surface area contributed by atoms with Crippen molar-refractivity contribution in [1.82, 2.24) is 9.88 Å². The van der Waals surface area contributed by atoms with E-state index < -0.39 is 36.3 Å². The number of alkyl halides is 3. The fourth-order valence-corrected chi connectivity index (χ4v) is 2.99. The first-order chi connectivity index (χ1) is 14.2. The number of nitrogens with one attached hydrogen (secondary N) is 1. The fraction of sp³-hybridized carbons (Fsp3) is 0.300. The zero-order chi connectivity index (χ0) is 21.9. The van der Waals surface area contributed by atoms with E-state index in [-0.39, 0.29) is 30.0 Å². The van der Waals surface area contributed by atoms with E-state index in [1.807, 2.05) is 0 Å². The van der Waals surface area contributed by atoms with Crippen molar-refractivity contribution < 1.29 is 32.6 Å². The molecule has 0 saturated heterocycles. The number of amides is 2. The Bertz CT molecular complexity index is 945. The van der Waals surface area contributed by atoms with Crippen molar-refractivity contribution in [2.24, 2.45) is 0 Å². The normalized spacial score (nSPS) is 15.5. The zero-order valence-corrected chi connectivity index (χ0v) is 15.7. The molecular formula is C20H19F4N3O3. The SMILES string of the molecule is O=C(Nc1ccc(C(F)(F)F)cc1)N1CC=C(c2ncc(C(O)CO)cc2F)CC1. The summed E-state index contributed by atoms with van der Waals surface area (Å²) < 4.78 is 52.1. The largest absolute Gasteiger partial charge is 0.416 e. The van der Waals surface area contributed by atoms with Gasteiger partial charge in [-0.25, -0.2) is 9.18 Å². The van der Waals surface area contributed by atoms with E-state index in [0.717, 1.165) is 18.2 Å². The van der Waals surface area contributed by atoms with Crippen LogP contribution in [-0.4, -0.2) is 45.8 Å². The van der Waals surface area contributed by atoms with Crippen LogP contribution in [0.3, 0.4) is 0 Å². The minimum absolute atomic E-state index is 0.103. The van der Waals surface area contributed by atoms with Gasteiger partial charge in [-0.05, 0) is 42.3 Å². The van der Waals surface area contributed by atoms with Crippen LogP contribution in [-0.2, 0) is 6.18 Å². The third kappa shape index (κ3) is 4.95. The number of aromatic nitrogens is 1. The number of benzene rings is 1. The number of carbonyl (C=O) groups is 1. The Labute approximate surface area is 169 Å². The topological polar surface area (TPSA) is 85.7 Å². The van der Waals surface area contributed by atoms with Crippen molar-refractivity contribution in [2.75, 3.05) is 25.0 Å². The number of rotatable bonds is 4.